The first kappa shape index (κ1) is 13.9. The summed E-state index contributed by atoms with van der Waals surface area (Å²) in [7, 11) is 0. The van der Waals surface area contributed by atoms with E-state index in [2.05, 4.69) is 44.3 Å². The van der Waals surface area contributed by atoms with Gasteiger partial charge in [0, 0.05) is 18.4 Å². The fourth-order valence-corrected chi connectivity index (χ4v) is 3.49. The van der Waals surface area contributed by atoms with E-state index in [0.29, 0.717) is 24.2 Å². The van der Waals surface area contributed by atoms with Gasteiger partial charge in [-0.25, -0.2) is 0 Å². The summed E-state index contributed by atoms with van der Waals surface area (Å²) in [5, 5.41) is 3.64. The number of benzene rings is 1. The first-order chi connectivity index (χ1) is 9.67. The van der Waals surface area contributed by atoms with Crippen molar-refractivity contribution in [3.63, 3.8) is 0 Å². The van der Waals surface area contributed by atoms with Crippen molar-refractivity contribution in [3.8, 4) is 5.75 Å². The van der Waals surface area contributed by atoms with Gasteiger partial charge in [-0.15, -0.1) is 0 Å². The Morgan fingerprint density at radius 2 is 2.15 bits per heavy atom. The molecule has 0 saturated carbocycles. The molecule has 1 saturated heterocycles. The molecule has 0 aromatic heterocycles. The number of hydrogen-bond donors (Lipinski definition) is 1. The highest BCUT2D eigenvalue weighted by molar-refractivity contribution is 5.41. The highest BCUT2D eigenvalue weighted by Gasteiger charge is 2.31. The van der Waals surface area contributed by atoms with Gasteiger partial charge in [0.05, 0.1) is 12.7 Å². The third-order valence-corrected chi connectivity index (χ3v) is 4.40. The van der Waals surface area contributed by atoms with E-state index < -0.39 is 0 Å². The molecule has 4 atom stereocenters. The summed E-state index contributed by atoms with van der Waals surface area (Å²) >= 11 is 0. The van der Waals surface area contributed by atoms with Crippen molar-refractivity contribution in [2.45, 2.75) is 51.9 Å². The minimum Gasteiger partial charge on any atom is -0.490 e. The average molecular weight is 275 g/mol. The lowest BCUT2D eigenvalue weighted by Crippen LogP contribution is -2.28. The Morgan fingerprint density at radius 3 is 2.85 bits per heavy atom. The maximum absolute atomic E-state index is 5.80. The van der Waals surface area contributed by atoms with Crippen LogP contribution in [0.3, 0.4) is 0 Å². The molecule has 3 nitrogen and oxygen atoms in total. The number of hydrogen-bond acceptors (Lipinski definition) is 3. The topological polar surface area (TPSA) is 30.5 Å². The Kier molecular flexibility index (Phi) is 3.99. The van der Waals surface area contributed by atoms with E-state index in [-0.39, 0.29) is 0 Å². The van der Waals surface area contributed by atoms with Crippen molar-refractivity contribution in [1.82, 2.24) is 5.32 Å². The maximum Gasteiger partial charge on any atom is 0.123 e. The maximum atomic E-state index is 5.80. The molecular formula is C17H25NO2. The van der Waals surface area contributed by atoms with Gasteiger partial charge in [-0.1, -0.05) is 19.1 Å². The summed E-state index contributed by atoms with van der Waals surface area (Å²) in [4.78, 5) is 0. The molecule has 0 amide bonds. The van der Waals surface area contributed by atoms with E-state index in [0.717, 1.165) is 31.7 Å². The van der Waals surface area contributed by atoms with Crippen molar-refractivity contribution in [2.24, 2.45) is 5.92 Å². The Labute approximate surface area is 121 Å². The van der Waals surface area contributed by atoms with E-state index in [1.165, 1.54) is 11.1 Å². The standard InChI is InChI=1S/C17H25NO2/c1-4-18-17(15-7-11(2)19-10-15)13-5-6-16-14(9-13)8-12(3)20-16/h5-6,9,11-12,15,17-18H,4,7-8,10H2,1-3H3. The van der Waals surface area contributed by atoms with E-state index in [1.807, 2.05) is 0 Å². The van der Waals surface area contributed by atoms with E-state index in [4.69, 9.17) is 9.47 Å². The van der Waals surface area contributed by atoms with Crippen LogP contribution in [0, 0.1) is 5.92 Å². The van der Waals surface area contributed by atoms with Crippen LogP contribution in [0.25, 0.3) is 0 Å². The first-order valence-electron chi connectivity index (χ1n) is 7.81. The van der Waals surface area contributed by atoms with Crippen molar-refractivity contribution < 1.29 is 9.47 Å². The largest absolute Gasteiger partial charge is 0.490 e. The number of nitrogens with one attached hydrogen (secondary N) is 1. The Hall–Kier alpha value is -1.06. The molecule has 3 rings (SSSR count). The number of rotatable bonds is 4. The molecule has 2 heterocycles. The molecule has 20 heavy (non-hydrogen) atoms. The van der Waals surface area contributed by atoms with Crippen LogP contribution in [0.1, 0.15) is 44.4 Å². The molecular weight excluding hydrogens is 250 g/mol. The molecule has 4 unspecified atom stereocenters. The smallest absolute Gasteiger partial charge is 0.123 e. The van der Waals surface area contributed by atoms with E-state index >= 15 is 0 Å². The lowest BCUT2D eigenvalue weighted by molar-refractivity contribution is 0.117. The summed E-state index contributed by atoms with van der Waals surface area (Å²) in [5.74, 6) is 1.63. The van der Waals surface area contributed by atoms with Gasteiger partial charge in [0.25, 0.3) is 0 Å². The number of fused-ring (bicyclic) bond motifs is 1. The zero-order valence-electron chi connectivity index (χ0n) is 12.7. The highest BCUT2D eigenvalue weighted by atomic mass is 16.5. The minimum atomic E-state index is 0.313. The molecule has 2 aliphatic rings. The van der Waals surface area contributed by atoms with Crippen molar-refractivity contribution in [2.75, 3.05) is 13.2 Å². The third-order valence-electron chi connectivity index (χ3n) is 4.40. The van der Waals surface area contributed by atoms with Crippen molar-refractivity contribution in [3.05, 3.63) is 29.3 Å². The zero-order valence-corrected chi connectivity index (χ0v) is 12.7. The summed E-state index contributed by atoms with van der Waals surface area (Å²) < 4.78 is 11.6. The van der Waals surface area contributed by atoms with Crippen LogP contribution < -0.4 is 10.1 Å². The molecule has 1 N–H and O–H groups in total. The Bertz CT molecular complexity index is 474. The minimum absolute atomic E-state index is 0.313. The van der Waals surface area contributed by atoms with Gasteiger partial charge in [0.15, 0.2) is 0 Å². The summed E-state index contributed by atoms with van der Waals surface area (Å²) in [6.45, 7) is 8.32. The number of ether oxygens (including phenoxy) is 2. The van der Waals surface area contributed by atoms with Crippen LogP contribution >= 0.6 is 0 Å². The van der Waals surface area contributed by atoms with Gasteiger partial charge in [-0.2, -0.15) is 0 Å². The van der Waals surface area contributed by atoms with E-state index in [9.17, 15) is 0 Å². The molecule has 0 radical (unpaired) electrons. The fourth-order valence-electron chi connectivity index (χ4n) is 3.49. The second kappa shape index (κ2) is 5.74. The molecule has 1 fully saturated rings. The highest BCUT2D eigenvalue weighted by Crippen LogP contribution is 2.36. The summed E-state index contributed by atoms with van der Waals surface area (Å²) in [6.07, 6.45) is 2.87. The molecule has 0 spiro atoms. The van der Waals surface area contributed by atoms with Crippen LogP contribution in [0.2, 0.25) is 0 Å². The van der Waals surface area contributed by atoms with Gasteiger partial charge in [-0.05, 0) is 44.0 Å². The summed E-state index contributed by atoms with van der Waals surface area (Å²) in [6, 6.07) is 7.08. The molecule has 1 aromatic rings. The molecule has 110 valence electrons. The SMILES string of the molecule is CCNC(c1ccc2c(c1)CC(C)O2)C1COC(C)C1. The Balaban J connectivity index is 1.83. The van der Waals surface area contributed by atoms with Gasteiger partial charge in [-0.3, -0.25) is 0 Å². The molecule has 1 aromatic carbocycles. The molecule has 3 heteroatoms. The van der Waals surface area contributed by atoms with Crippen LogP contribution in [-0.2, 0) is 11.2 Å². The van der Waals surface area contributed by atoms with E-state index in [1.54, 1.807) is 0 Å². The fraction of sp³-hybridized carbons (Fsp3) is 0.647. The zero-order chi connectivity index (χ0) is 14.1. The lowest BCUT2D eigenvalue weighted by Gasteiger charge is -2.24. The molecule has 0 aliphatic carbocycles. The second-order valence-corrected chi connectivity index (χ2v) is 6.17. The molecule has 0 bridgehead atoms. The van der Waals surface area contributed by atoms with Gasteiger partial charge < -0.3 is 14.8 Å². The third kappa shape index (κ3) is 2.70. The quantitative estimate of drug-likeness (QED) is 0.916. The van der Waals surface area contributed by atoms with Crippen LogP contribution in [-0.4, -0.2) is 25.4 Å². The molecule has 2 aliphatic heterocycles. The predicted molar refractivity (Wildman–Crippen MR) is 80.2 cm³/mol. The Morgan fingerprint density at radius 1 is 1.30 bits per heavy atom. The van der Waals surface area contributed by atoms with Crippen molar-refractivity contribution >= 4 is 0 Å². The summed E-state index contributed by atoms with van der Waals surface area (Å²) in [5.41, 5.74) is 2.73. The van der Waals surface area contributed by atoms with Crippen LogP contribution in [0.4, 0.5) is 0 Å². The van der Waals surface area contributed by atoms with Crippen LogP contribution in [0.5, 0.6) is 5.75 Å². The van der Waals surface area contributed by atoms with Gasteiger partial charge in [0.1, 0.15) is 11.9 Å². The first-order valence-corrected chi connectivity index (χ1v) is 7.81. The second-order valence-electron chi connectivity index (χ2n) is 6.17. The predicted octanol–water partition coefficient (Wildman–Crippen LogP) is 3.09. The monoisotopic (exact) mass is 275 g/mol. The van der Waals surface area contributed by atoms with Gasteiger partial charge in [0.2, 0.25) is 0 Å². The normalized spacial score (nSPS) is 30.1. The lowest BCUT2D eigenvalue weighted by atomic mass is 9.89. The average Bonchev–Trinajstić information content (AvgIpc) is 3.00. The van der Waals surface area contributed by atoms with Crippen LogP contribution in [0.15, 0.2) is 18.2 Å². The van der Waals surface area contributed by atoms with Crippen molar-refractivity contribution in [1.29, 1.82) is 0 Å². The van der Waals surface area contributed by atoms with Gasteiger partial charge >= 0.3 is 0 Å².